The van der Waals surface area contributed by atoms with Crippen LogP contribution < -0.4 is 15.4 Å². The highest BCUT2D eigenvalue weighted by Crippen LogP contribution is 2.22. The van der Waals surface area contributed by atoms with E-state index in [-0.39, 0.29) is 6.54 Å². The van der Waals surface area contributed by atoms with E-state index in [0.29, 0.717) is 17.7 Å². The highest BCUT2D eigenvalue weighted by atomic mass is 16.5. The lowest BCUT2D eigenvalue weighted by Crippen LogP contribution is -2.30. The first-order chi connectivity index (χ1) is 7.27. The second-order valence-electron chi connectivity index (χ2n) is 2.70. The molecule has 0 saturated carbocycles. The Morgan fingerprint density at radius 3 is 2.87 bits per heavy atom. The molecule has 15 heavy (non-hydrogen) atoms. The van der Waals surface area contributed by atoms with Crippen molar-refractivity contribution in [2.75, 3.05) is 19.0 Å². The quantitative estimate of drug-likeness (QED) is 0.726. The third-order valence-electron chi connectivity index (χ3n) is 1.70. The molecule has 0 spiro atoms. The third kappa shape index (κ3) is 3.30. The molecule has 2 N–H and O–H groups in total. The standard InChI is InChI=1S/C10H12N2O3/c1-15-9-5-3-2-4-8(9)12-10(14)11-6-7-13/h2-5,7H,6H2,1H3,(H2,11,12,14). The van der Waals surface area contributed by atoms with E-state index >= 15 is 0 Å². The number of anilines is 1. The largest absolute Gasteiger partial charge is 0.495 e. The average molecular weight is 208 g/mol. The SMILES string of the molecule is COc1ccccc1NC(=O)NCC=O. The van der Waals surface area contributed by atoms with Gasteiger partial charge in [0.05, 0.1) is 19.3 Å². The molecule has 2 amide bonds. The molecule has 0 aromatic heterocycles. The Bertz CT molecular complexity index is 352. The summed E-state index contributed by atoms with van der Waals surface area (Å²) in [6.07, 6.45) is 0.613. The zero-order chi connectivity index (χ0) is 11.1. The van der Waals surface area contributed by atoms with E-state index in [9.17, 15) is 9.59 Å². The van der Waals surface area contributed by atoms with E-state index in [4.69, 9.17) is 4.74 Å². The van der Waals surface area contributed by atoms with Crippen molar-refractivity contribution in [3.63, 3.8) is 0 Å². The monoisotopic (exact) mass is 208 g/mol. The predicted octanol–water partition coefficient (Wildman–Crippen LogP) is 1.02. The summed E-state index contributed by atoms with van der Waals surface area (Å²) in [6, 6.07) is 6.58. The van der Waals surface area contributed by atoms with Crippen LogP contribution in [0.5, 0.6) is 5.75 Å². The maximum atomic E-state index is 11.2. The van der Waals surface area contributed by atoms with Crippen LogP contribution in [0, 0.1) is 0 Å². The summed E-state index contributed by atoms with van der Waals surface area (Å²) in [4.78, 5) is 21.2. The molecule has 0 aliphatic heterocycles. The van der Waals surface area contributed by atoms with E-state index in [2.05, 4.69) is 10.6 Å². The van der Waals surface area contributed by atoms with Crippen LogP contribution >= 0.6 is 0 Å². The molecule has 0 heterocycles. The van der Waals surface area contributed by atoms with E-state index < -0.39 is 6.03 Å². The lowest BCUT2D eigenvalue weighted by atomic mass is 10.3. The fourth-order valence-corrected chi connectivity index (χ4v) is 1.05. The van der Waals surface area contributed by atoms with Crippen LogP contribution in [0.4, 0.5) is 10.5 Å². The zero-order valence-corrected chi connectivity index (χ0v) is 8.32. The molecule has 0 saturated heterocycles. The molecule has 1 aromatic rings. The van der Waals surface area contributed by atoms with Gasteiger partial charge in [-0.05, 0) is 12.1 Å². The van der Waals surface area contributed by atoms with Crippen molar-refractivity contribution in [1.29, 1.82) is 0 Å². The van der Waals surface area contributed by atoms with Gasteiger partial charge in [-0.2, -0.15) is 0 Å². The molecule has 0 aliphatic rings. The molecular formula is C10H12N2O3. The number of rotatable bonds is 4. The number of nitrogens with one attached hydrogen (secondary N) is 2. The highest BCUT2D eigenvalue weighted by Gasteiger charge is 2.04. The summed E-state index contributed by atoms with van der Waals surface area (Å²) in [5.41, 5.74) is 0.559. The minimum atomic E-state index is -0.438. The molecule has 0 fully saturated rings. The van der Waals surface area contributed by atoms with Gasteiger partial charge in [-0.15, -0.1) is 0 Å². The number of urea groups is 1. The van der Waals surface area contributed by atoms with Crippen molar-refractivity contribution in [2.45, 2.75) is 0 Å². The lowest BCUT2D eigenvalue weighted by Gasteiger charge is -2.09. The van der Waals surface area contributed by atoms with Gasteiger partial charge in [-0.25, -0.2) is 4.79 Å². The number of aldehydes is 1. The van der Waals surface area contributed by atoms with Crippen LogP contribution in [0.2, 0.25) is 0 Å². The molecule has 0 radical (unpaired) electrons. The Hall–Kier alpha value is -2.04. The maximum Gasteiger partial charge on any atom is 0.319 e. The van der Waals surface area contributed by atoms with Crippen molar-refractivity contribution < 1.29 is 14.3 Å². The van der Waals surface area contributed by atoms with Crippen LogP contribution in [-0.4, -0.2) is 26.0 Å². The Balaban J connectivity index is 2.63. The minimum Gasteiger partial charge on any atom is -0.495 e. The number of hydrogen-bond acceptors (Lipinski definition) is 3. The topological polar surface area (TPSA) is 67.4 Å². The molecule has 0 atom stereocenters. The zero-order valence-electron chi connectivity index (χ0n) is 8.32. The number of methoxy groups -OCH3 is 1. The number of para-hydroxylation sites is 2. The Labute approximate surface area is 87.4 Å². The Kier molecular flexibility index (Phi) is 4.15. The van der Waals surface area contributed by atoms with E-state index in [1.54, 1.807) is 24.3 Å². The van der Waals surface area contributed by atoms with Crippen LogP contribution in [-0.2, 0) is 4.79 Å². The van der Waals surface area contributed by atoms with Crippen LogP contribution in [0.25, 0.3) is 0 Å². The molecule has 80 valence electrons. The number of carbonyl (C=O) groups is 2. The van der Waals surface area contributed by atoms with Crippen LogP contribution in [0.15, 0.2) is 24.3 Å². The summed E-state index contributed by atoms with van der Waals surface area (Å²) >= 11 is 0. The van der Waals surface area contributed by atoms with Crippen molar-refractivity contribution >= 4 is 18.0 Å². The van der Waals surface area contributed by atoms with Gasteiger partial charge in [0.2, 0.25) is 0 Å². The van der Waals surface area contributed by atoms with Crippen LogP contribution in [0.3, 0.4) is 0 Å². The van der Waals surface area contributed by atoms with Crippen molar-refractivity contribution in [1.82, 2.24) is 5.32 Å². The van der Waals surface area contributed by atoms with Gasteiger partial charge in [0.15, 0.2) is 0 Å². The second-order valence-corrected chi connectivity index (χ2v) is 2.70. The molecule has 5 nitrogen and oxygen atoms in total. The lowest BCUT2D eigenvalue weighted by molar-refractivity contribution is -0.107. The number of benzene rings is 1. The van der Waals surface area contributed by atoms with Gasteiger partial charge in [-0.1, -0.05) is 12.1 Å². The first kappa shape index (κ1) is 11.0. The maximum absolute atomic E-state index is 11.2. The van der Waals surface area contributed by atoms with Gasteiger partial charge >= 0.3 is 6.03 Å². The molecule has 0 unspecified atom stereocenters. The molecule has 0 aliphatic carbocycles. The number of amides is 2. The number of ether oxygens (including phenoxy) is 1. The second kappa shape index (κ2) is 5.64. The summed E-state index contributed by atoms with van der Waals surface area (Å²) in [5, 5.41) is 4.92. The normalized spacial score (nSPS) is 9.13. The van der Waals surface area contributed by atoms with E-state index in [0.717, 1.165) is 0 Å². The fraction of sp³-hybridized carbons (Fsp3) is 0.200. The van der Waals surface area contributed by atoms with Crippen molar-refractivity contribution in [3.8, 4) is 5.75 Å². The van der Waals surface area contributed by atoms with Crippen molar-refractivity contribution in [2.24, 2.45) is 0 Å². The molecule has 1 aromatic carbocycles. The van der Waals surface area contributed by atoms with Gasteiger partial charge in [0.25, 0.3) is 0 Å². The number of hydrogen-bond donors (Lipinski definition) is 2. The first-order valence-electron chi connectivity index (χ1n) is 4.39. The van der Waals surface area contributed by atoms with Gasteiger partial charge in [0, 0.05) is 0 Å². The van der Waals surface area contributed by atoms with Crippen LogP contribution in [0.1, 0.15) is 0 Å². The Morgan fingerprint density at radius 1 is 1.47 bits per heavy atom. The minimum absolute atomic E-state index is 0.0129. The Morgan fingerprint density at radius 2 is 2.20 bits per heavy atom. The van der Waals surface area contributed by atoms with E-state index in [1.165, 1.54) is 7.11 Å². The van der Waals surface area contributed by atoms with Gasteiger partial charge in [0.1, 0.15) is 12.0 Å². The van der Waals surface area contributed by atoms with E-state index in [1.807, 2.05) is 0 Å². The molecule has 0 bridgehead atoms. The molecule has 5 heteroatoms. The summed E-state index contributed by atoms with van der Waals surface area (Å²) < 4.78 is 5.04. The third-order valence-corrected chi connectivity index (χ3v) is 1.70. The van der Waals surface area contributed by atoms with Gasteiger partial charge < -0.3 is 20.2 Å². The first-order valence-corrected chi connectivity index (χ1v) is 4.39. The molecular weight excluding hydrogens is 196 g/mol. The average Bonchev–Trinajstić information content (AvgIpc) is 2.27. The smallest absolute Gasteiger partial charge is 0.319 e. The predicted molar refractivity (Wildman–Crippen MR) is 56.1 cm³/mol. The molecule has 1 rings (SSSR count). The highest BCUT2D eigenvalue weighted by molar-refractivity contribution is 5.91. The summed E-state index contributed by atoms with van der Waals surface area (Å²) in [5.74, 6) is 0.568. The number of carbonyl (C=O) groups excluding carboxylic acids is 2. The van der Waals surface area contributed by atoms with Gasteiger partial charge in [-0.3, -0.25) is 0 Å². The van der Waals surface area contributed by atoms with Crippen molar-refractivity contribution in [3.05, 3.63) is 24.3 Å². The fourth-order valence-electron chi connectivity index (χ4n) is 1.05. The summed E-state index contributed by atoms with van der Waals surface area (Å²) in [6.45, 7) is -0.0129. The summed E-state index contributed by atoms with van der Waals surface area (Å²) in [7, 11) is 1.52.